The first-order valence-corrected chi connectivity index (χ1v) is 8.35. The molecule has 2 aliphatic rings. The summed E-state index contributed by atoms with van der Waals surface area (Å²) in [7, 11) is 0. The minimum atomic E-state index is 0.224. The van der Waals surface area contributed by atoms with E-state index >= 15 is 0 Å². The standard InChI is InChI=1S/C18H28N2/c1-2-15-9-11-18(14-19,12-10-15)20-13-5-7-16-6-3-4-8-17(16)20/h3-4,6,8,15H,2,5,7,9-14,19H2,1H3. The van der Waals surface area contributed by atoms with Crippen molar-refractivity contribution in [3.05, 3.63) is 29.8 Å². The molecule has 0 radical (unpaired) electrons. The van der Waals surface area contributed by atoms with Gasteiger partial charge >= 0.3 is 0 Å². The van der Waals surface area contributed by atoms with E-state index in [9.17, 15) is 0 Å². The third-order valence-electron chi connectivity index (χ3n) is 5.68. The van der Waals surface area contributed by atoms with Crippen molar-refractivity contribution in [2.24, 2.45) is 11.7 Å². The van der Waals surface area contributed by atoms with Crippen molar-refractivity contribution < 1.29 is 0 Å². The molecule has 0 bridgehead atoms. The van der Waals surface area contributed by atoms with Gasteiger partial charge in [-0.05, 0) is 56.1 Å². The second-order valence-corrected chi connectivity index (χ2v) is 6.66. The number of fused-ring (bicyclic) bond motifs is 1. The summed E-state index contributed by atoms with van der Waals surface area (Å²) in [5, 5.41) is 0. The molecule has 0 aromatic heterocycles. The summed E-state index contributed by atoms with van der Waals surface area (Å²) >= 11 is 0. The van der Waals surface area contributed by atoms with E-state index in [0.717, 1.165) is 12.5 Å². The number of nitrogens with zero attached hydrogens (tertiary/aromatic N) is 1. The summed E-state index contributed by atoms with van der Waals surface area (Å²) < 4.78 is 0. The van der Waals surface area contributed by atoms with Crippen LogP contribution >= 0.6 is 0 Å². The molecule has 1 aromatic carbocycles. The molecular formula is C18H28N2. The van der Waals surface area contributed by atoms with Gasteiger partial charge < -0.3 is 10.6 Å². The molecule has 1 aliphatic carbocycles. The highest BCUT2D eigenvalue weighted by Crippen LogP contribution is 2.42. The summed E-state index contributed by atoms with van der Waals surface area (Å²) in [5.74, 6) is 0.926. The van der Waals surface area contributed by atoms with E-state index in [1.165, 1.54) is 62.7 Å². The van der Waals surface area contributed by atoms with Crippen LogP contribution in [0, 0.1) is 5.92 Å². The second-order valence-electron chi connectivity index (χ2n) is 6.66. The molecule has 2 nitrogen and oxygen atoms in total. The Morgan fingerprint density at radius 1 is 1.25 bits per heavy atom. The molecule has 0 atom stereocenters. The lowest BCUT2D eigenvalue weighted by Crippen LogP contribution is -2.57. The average molecular weight is 272 g/mol. The third kappa shape index (κ3) is 2.35. The number of hydrogen-bond donors (Lipinski definition) is 1. The molecule has 1 aromatic rings. The van der Waals surface area contributed by atoms with Crippen LogP contribution in [0.25, 0.3) is 0 Å². The number of aryl methyl sites for hydroxylation is 1. The van der Waals surface area contributed by atoms with Crippen molar-refractivity contribution in [1.82, 2.24) is 0 Å². The van der Waals surface area contributed by atoms with Crippen molar-refractivity contribution in [2.45, 2.75) is 57.4 Å². The summed E-state index contributed by atoms with van der Waals surface area (Å²) in [6.07, 6.45) is 9.09. The fourth-order valence-electron chi connectivity index (χ4n) is 4.23. The predicted molar refractivity (Wildman–Crippen MR) is 86.1 cm³/mol. The van der Waals surface area contributed by atoms with E-state index in [1.807, 2.05) is 0 Å². The highest BCUT2D eigenvalue weighted by molar-refractivity contribution is 5.57. The van der Waals surface area contributed by atoms with E-state index in [-0.39, 0.29) is 5.54 Å². The molecule has 1 saturated carbocycles. The van der Waals surface area contributed by atoms with Gasteiger partial charge in [0.15, 0.2) is 0 Å². The maximum atomic E-state index is 6.27. The van der Waals surface area contributed by atoms with E-state index in [4.69, 9.17) is 5.73 Å². The van der Waals surface area contributed by atoms with Gasteiger partial charge in [0.2, 0.25) is 0 Å². The minimum absolute atomic E-state index is 0.224. The van der Waals surface area contributed by atoms with Crippen molar-refractivity contribution in [3.8, 4) is 0 Å². The van der Waals surface area contributed by atoms with Crippen LogP contribution in [0.4, 0.5) is 5.69 Å². The number of nitrogens with two attached hydrogens (primary N) is 1. The van der Waals surface area contributed by atoms with Gasteiger partial charge in [-0.3, -0.25) is 0 Å². The van der Waals surface area contributed by atoms with Gasteiger partial charge in [0.25, 0.3) is 0 Å². The molecule has 2 N–H and O–H groups in total. The molecule has 20 heavy (non-hydrogen) atoms. The SMILES string of the molecule is CCC1CCC(CN)(N2CCCc3ccccc32)CC1. The van der Waals surface area contributed by atoms with Crippen molar-refractivity contribution in [1.29, 1.82) is 0 Å². The predicted octanol–water partition coefficient (Wildman–Crippen LogP) is 3.74. The lowest BCUT2D eigenvalue weighted by molar-refractivity contribution is 0.219. The second kappa shape index (κ2) is 5.77. The van der Waals surface area contributed by atoms with Gasteiger partial charge in [-0.15, -0.1) is 0 Å². The molecule has 2 heteroatoms. The average Bonchev–Trinajstić information content (AvgIpc) is 2.54. The van der Waals surface area contributed by atoms with E-state index in [1.54, 1.807) is 0 Å². The molecule has 1 heterocycles. The zero-order chi connectivity index (χ0) is 14.0. The number of benzene rings is 1. The maximum absolute atomic E-state index is 6.27. The molecular weight excluding hydrogens is 244 g/mol. The van der Waals surface area contributed by atoms with Crippen LogP contribution in [-0.2, 0) is 6.42 Å². The lowest BCUT2D eigenvalue weighted by Gasteiger charge is -2.51. The van der Waals surface area contributed by atoms with Gasteiger partial charge in [0, 0.05) is 18.8 Å². The van der Waals surface area contributed by atoms with Crippen molar-refractivity contribution in [2.75, 3.05) is 18.0 Å². The monoisotopic (exact) mass is 272 g/mol. The molecule has 0 unspecified atom stereocenters. The first kappa shape index (κ1) is 13.9. The maximum Gasteiger partial charge on any atom is 0.0524 e. The molecule has 110 valence electrons. The normalized spacial score (nSPS) is 30.1. The van der Waals surface area contributed by atoms with Crippen LogP contribution in [0.15, 0.2) is 24.3 Å². The molecule has 1 fully saturated rings. The summed E-state index contributed by atoms with van der Waals surface area (Å²) in [5.41, 5.74) is 9.47. The van der Waals surface area contributed by atoms with Crippen LogP contribution in [0.2, 0.25) is 0 Å². The van der Waals surface area contributed by atoms with Crippen LogP contribution in [0.3, 0.4) is 0 Å². The van der Waals surface area contributed by atoms with Crippen molar-refractivity contribution in [3.63, 3.8) is 0 Å². The molecule has 0 spiro atoms. The zero-order valence-electron chi connectivity index (χ0n) is 12.8. The van der Waals surface area contributed by atoms with E-state index < -0.39 is 0 Å². The third-order valence-corrected chi connectivity index (χ3v) is 5.68. The Hall–Kier alpha value is -1.02. The first-order chi connectivity index (χ1) is 9.79. The highest BCUT2D eigenvalue weighted by atomic mass is 15.2. The highest BCUT2D eigenvalue weighted by Gasteiger charge is 2.40. The topological polar surface area (TPSA) is 29.3 Å². The van der Waals surface area contributed by atoms with E-state index in [2.05, 4.69) is 36.1 Å². The molecule has 3 rings (SSSR count). The lowest BCUT2D eigenvalue weighted by atomic mass is 9.73. The van der Waals surface area contributed by atoms with Crippen molar-refractivity contribution >= 4 is 5.69 Å². The Morgan fingerprint density at radius 2 is 2.00 bits per heavy atom. The quantitative estimate of drug-likeness (QED) is 0.908. The van der Waals surface area contributed by atoms with Gasteiger partial charge in [-0.1, -0.05) is 31.5 Å². The largest absolute Gasteiger partial charge is 0.364 e. The zero-order valence-corrected chi connectivity index (χ0v) is 12.8. The van der Waals surface area contributed by atoms with Gasteiger partial charge in [0.1, 0.15) is 0 Å². The Bertz CT molecular complexity index is 446. The van der Waals surface area contributed by atoms with E-state index in [0.29, 0.717) is 0 Å². The van der Waals surface area contributed by atoms with Gasteiger partial charge in [-0.2, -0.15) is 0 Å². The van der Waals surface area contributed by atoms with Crippen LogP contribution in [-0.4, -0.2) is 18.6 Å². The molecule has 0 amide bonds. The summed E-state index contributed by atoms with van der Waals surface area (Å²) in [6, 6.07) is 8.95. The summed E-state index contributed by atoms with van der Waals surface area (Å²) in [4.78, 5) is 2.66. The van der Waals surface area contributed by atoms with Crippen LogP contribution in [0.5, 0.6) is 0 Å². The molecule has 1 aliphatic heterocycles. The fraction of sp³-hybridized carbons (Fsp3) is 0.667. The minimum Gasteiger partial charge on any atom is -0.364 e. The summed E-state index contributed by atoms with van der Waals surface area (Å²) in [6.45, 7) is 4.32. The Morgan fingerprint density at radius 3 is 2.70 bits per heavy atom. The fourth-order valence-corrected chi connectivity index (χ4v) is 4.23. The van der Waals surface area contributed by atoms with Crippen LogP contribution < -0.4 is 10.6 Å². The first-order valence-electron chi connectivity index (χ1n) is 8.35. The number of hydrogen-bond acceptors (Lipinski definition) is 2. The van der Waals surface area contributed by atoms with Gasteiger partial charge in [0.05, 0.1) is 5.54 Å². The Kier molecular flexibility index (Phi) is 4.02. The number of para-hydroxylation sites is 1. The Labute approximate surface area is 123 Å². The Balaban J connectivity index is 1.87. The molecule has 0 saturated heterocycles. The van der Waals surface area contributed by atoms with Gasteiger partial charge in [-0.25, -0.2) is 0 Å². The number of anilines is 1. The smallest absolute Gasteiger partial charge is 0.0524 e. The number of rotatable bonds is 3. The van der Waals surface area contributed by atoms with Crippen LogP contribution in [0.1, 0.15) is 51.0 Å².